The molecule has 0 amide bonds. The summed E-state index contributed by atoms with van der Waals surface area (Å²) in [6.07, 6.45) is 26.0. The SMILES string of the molecule is CCCCCCCCCCCCCCCCC=C[NH2+]C.[Cl-]. The number of unbranched alkanes of at least 4 members (excludes halogenated alkanes) is 14. The fraction of sp³-hybridized carbons (Fsp3) is 0.895. The monoisotopic (exact) mass is 317 g/mol. The molecule has 2 heteroatoms. The van der Waals surface area contributed by atoms with E-state index >= 15 is 0 Å². The van der Waals surface area contributed by atoms with Crippen molar-refractivity contribution in [2.75, 3.05) is 7.05 Å². The molecule has 0 aliphatic carbocycles. The molecule has 0 aromatic carbocycles. The second-order valence-corrected chi connectivity index (χ2v) is 6.15. The van der Waals surface area contributed by atoms with Gasteiger partial charge in [0.2, 0.25) is 0 Å². The number of allylic oxidation sites excluding steroid dienone is 1. The van der Waals surface area contributed by atoms with E-state index in [0.29, 0.717) is 0 Å². The fourth-order valence-electron chi connectivity index (χ4n) is 2.69. The van der Waals surface area contributed by atoms with E-state index in [2.05, 4.69) is 31.6 Å². The lowest BCUT2D eigenvalue weighted by atomic mass is 10.0. The Labute approximate surface area is 140 Å². The first-order valence-corrected chi connectivity index (χ1v) is 9.36. The second-order valence-electron chi connectivity index (χ2n) is 6.15. The molecule has 1 nitrogen and oxygen atoms in total. The molecule has 0 atom stereocenters. The third kappa shape index (κ3) is 22.4. The molecule has 0 saturated carbocycles. The largest absolute Gasteiger partial charge is 1.00 e. The van der Waals surface area contributed by atoms with Crippen molar-refractivity contribution in [1.29, 1.82) is 0 Å². The van der Waals surface area contributed by atoms with Crippen LogP contribution in [-0.2, 0) is 0 Å². The van der Waals surface area contributed by atoms with Gasteiger partial charge in [0.15, 0.2) is 0 Å². The van der Waals surface area contributed by atoms with E-state index < -0.39 is 0 Å². The second kappa shape index (κ2) is 22.3. The van der Waals surface area contributed by atoms with E-state index in [0.717, 1.165) is 0 Å². The standard InChI is InChI=1S/C19H39N.ClH/c1-3-4-5-6-7-8-9-10-11-12-13-14-15-16-17-18-19-20-2;/h18-20H,3-17H2,1-2H3;1H. The van der Waals surface area contributed by atoms with Crippen LogP contribution in [0.2, 0.25) is 0 Å². The zero-order valence-electron chi connectivity index (χ0n) is 14.7. The van der Waals surface area contributed by atoms with Crippen LogP contribution in [0.3, 0.4) is 0 Å². The lowest BCUT2D eigenvalue weighted by molar-refractivity contribution is -0.556. The molecule has 0 heterocycles. The number of rotatable bonds is 16. The van der Waals surface area contributed by atoms with Gasteiger partial charge in [-0.2, -0.15) is 0 Å². The van der Waals surface area contributed by atoms with E-state index in [1.165, 1.54) is 96.3 Å². The predicted molar refractivity (Wildman–Crippen MR) is 91.9 cm³/mol. The van der Waals surface area contributed by atoms with Gasteiger partial charge in [0.25, 0.3) is 0 Å². The maximum Gasteiger partial charge on any atom is 0.0883 e. The Morgan fingerprint density at radius 1 is 0.619 bits per heavy atom. The molecule has 0 rings (SSSR count). The summed E-state index contributed by atoms with van der Waals surface area (Å²) in [5, 5.41) is 2.11. The molecule has 21 heavy (non-hydrogen) atoms. The third-order valence-corrected chi connectivity index (χ3v) is 4.05. The number of hydrogen-bond acceptors (Lipinski definition) is 0. The van der Waals surface area contributed by atoms with E-state index in [-0.39, 0.29) is 12.4 Å². The minimum Gasteiger partial charge on any atom is -1.00 e. The first-order valence-electron chi connectivity index (χ1n) is 9.36. The Balaban J connectivity index is 0. The van der Waals surface area contributed by atoms with Crippen LogP contribution in [0, 0.1) is 0 Å². The van der Waals surface area contributed by atoms with Gasteiger partial charge in [-0.3, -0.25) is 0 Å². The van der Waals surface area contributed by atoms with Crippen molar-refractivity contribution in [3.8, 4) is 0 Å². The first-order chi connectivity index (χ1) is 9.91. The van der Waals surface area contributed by atoms with Crippen LogP contribution in [0.5, 0.6) is 0 Å². The van der Waals surface area contributed by atoms with Crippen LogP contribution in [0.4, 0.5) is 0 Å². The molecular weight excluding hydrogens is 278 g/mol. The van der Waals surface area contributed by atoms with Crippen molar-refractivity contribution in [3.05, 3.63) is 12.3 Å². The van der Waals surface area contributed by atoms with Gasteiger partial charge in [0.05, 0.1) is 13.2 Å². The first kappa shape index (κ1) is 23.3. The van der Waals surface area contributed by atoms with E-state index in [9.17, 15) is 0 Å². The Hall–Kier alpha value is -0.0100. The summed E-state index contributed by atoms with van der Waals surface area (Å²) in [7, 11) is 2.09. The van der Waals surface area contributed by atoms with Crippen LogP contribution in [0.15, 0.2) is 12.3 Å². The van der Waals surface area contributed by atoms with Crippen molar-refractivity contribution in [2.45, 2.75) is 103 Å². The number of quaternary nitrogens is 1. The molecule has 128 valence electrons. The summed E-state index contributed by atoms with van der Waals surface area (Å²) in [4.78, 5) is 0. The van der Waals surface area contributed by atoms with Gasteiger partial charge in [0, 0.05) is 0 Å². The molecule has 2 N–H and O–H groups in total. The summed E-state index contributed by atoms with van der Waals surface area (Å²) >= 11 is 0. The number of nitrogens with two attached hydrogens (primary N) is 1. The van der Waals surface area contributed by atoms with Crippen molar-refractivity contribution in [1.82, 2.24) is 0 Å². The van der Waals surface area contributed by atoms with Crippen LogP contribution >= 0.6 is 0 Å². The smallest absolute Gasteiger partial charge is 0.0883 e. The average Bonchev–Trinajstić information content (AvgIpc) is 2.47. The zero-order valence-corrected chi connectivity index (χ0v) is 15.5. The summed E-state index contributed by atoms with van der Waals surface area (Å²) < 4.78 is 0. The molecular formula is C19H40ClN. The number of hydrogen-bond donors (Lipinski definition) is 1. The fourth-order valence-corrected chi connectivity index (χ4v) is 2.69. The number of halogens is 1. The van der Waals surface area contributed by atoms with Gasteiger partial charge in [0.1, 0.15) is 0 Å². The van der Waals surface area contributed by atoms with Gasteiger partial charge in [-0.25, -0.2) is 0 Å². The molecule has 0 unspecified atom stereocenters. The summed E-state index contributed by atoms with van der Waals surface area (Å²) in [6, 6.07) is 0. The van der Waals surface area contributed by atoms with Crippen LogP contribution in [-0.4, -0.2) is 7.05 Å². The molecule has 0 saturated heterocycles. The maximum atomic E-state index is 2.29. The van der Waals surface area contributed by atoms with Crippen LogP contribution in [0.1, 0.15) is 103 Å². The highest BCUT2D eigenvalue weighted by Crippen LogP contribution is 2.13. The van der Waals surface area contributed by atoms with Crippen molar-refractivity contribution in [3.63, 3.8) is 0 Å². The highest BCUT2D eigenvalue weighted by molar-refractivity contribution is 4.70. The maximum absolute atomic E-state index is 2.29. The normalized spacial score (nSPS) is 11.0. The summed E-state index contributed by atoms with van der Waals surface area (Å²) in [5.41, 5.74) is 0. The molecule has 0 aliphatic heterocycles. The Morgan fingerprint density at radius 3 is 1.38 bits per heavy atom. The third-order valence-electron chi connectivity index (χ3n) is 4.05. The summed E-state index contributed by atoms with van der Waals surface area (Å²) in [5.74, 6) is 0. The van der Waals surface area contributed by atoms with Crippen molar-refractivity contribution < 1.29 is 17.7 Å². The minimum atomic E-state index is 0. The van der Waals surface area contributed by atoms with Gasteiger partial charge in [-0.1, -0.05) is 90.4 Å². The molecule has 0 spiro atoms. The lowest BCUT2D eigenvalue weighted by Gasteiger charge is -2.02. The Kier molecular flexibility index (Phi) is 24.7. The van der Waals surface area contributed by atoms with Gasteiger partial charge in [-0.05, 0) is 18.9 Å². The van der Waals surface area contributed by atoms with Crippen molar-refractivity contribution in [2.24, 2.45) is 0 Å². The molecule has 0 aliphatic rings. The highest BCUT2D eigenvalue weighted by Gasteiger charge is 1.93. The quantitative estimate of drug-likeness (QED) is 0.421. The van der Waals surface area contributed by atoms with E-state index in [1.807, 2.05) is 0 Å². The minimum absolute atomic E-state index is 0. The van der Waals surface area contributed by atoms with Gasteiger partial charge >= 0.3 is 0 Å². The van der Waals surface area contributed by atoms with Gasteiger partial charge in [-0.15, -0.1) is 0 Å². The topological polar surface area (TPSA) is 16.6 Å². The Bertz CT molecular complexity index is 192. The zero-order chi connectivity index (χ0) is 14.7. The molecule has 0 aromatic heterocycles. The molecule has 0 radical (unpaired) electrons. The molecule has 0 aromatic rings. The lowest BCUT2D eigenvalue weighted by Crippen LogP contribution is -3.00. The van der Waals surface area contributed by atoms with Crippen LogP contribution in [0.25, 0.3) is 0 Å². The Morgan fingerprint density at radius 2 is 1.00 bits per heavy atom. The average molecular weight is 318 g/mol. The van der Waals surface area contributed by atoms with Crippen molar-refractivity contribution >= 4 is 0 Å². The highest BCUT2D eigenvalue weighted by atomic mass is 35.5. The predicted octanol–water partition coefficient (Wildman–Crippen LogP) is 2.57. The van der Waals surface area contributed by atoms with E-state index in [4.69, 9.17) is 0 Å². The molecule has 0 bridgehead atoms. The molecule has 0 fully saturated rings. The van der Waals surface area contributed by atoms with E-state index in [1.54, 1.807) is 0 Å². The van der Waals surface area contributed by atoms with Crippen LogP contribution < -0.4 is 17.7 Å². The van der Waals surface area contributed by atoms with Gasteiger partial charge < -0.3 is 17.7 Å². The summed E-state index contributed by atoms with van der Waals surface area (Å²) in [6.45, 7) is 2.29.